The molecule has 2 aromatic heterocycles. The molecule has 0 bridgehead atoms. The van der Waals surface area contributed by atoms with Gasteiger partial charge in [-0.15, -0.1) is 11.8 Å². The molecular formula is C23H27N7O4S. The van der Waals surface area contributed by atoms with E-state index in [9.17, 15) is 14.4 Å². The van der Waals surface area contributed by atoms with Crippen molar-refractivity contribution in [1.29, 1.82) is 0 Å². The minimum Gasteiger partial charge on any atom is -0.380 e. The number of hydrogen-bond donors (Lipinski definition) is 4. The lowest BCUT2D eigenvalue weighted by atomic mass is 10.2. The van der Waals surface area contributed by atoms with Crippen LogP contribution in [0.5, 0.6) is 0 Å². The number of amides is 4. The molecule has 1 saturated carbocycles. The van der Waals surface area contributed by atoms with E-state index in [0.717, 1.165) is 30.8 Å². The first-order valence-electron chi connectivity index (χ1n) is 11.7. The predicted molar refractivity (Wildman–Crippen MR) is 131 cm³/mol. The molecule has 184 valence electrons. The number of hydrogen-bond acceptors (Lipinski definition) is 8. The molecule has 1 aliphatic carbocycles. The van der Waals surface area contributed by atoms with Crippen molar-refractivity contribution in [3.05, 3.63) is 40.2 Å². The second-order valence-corrected chi connectivity index (χ2v) is 9.81. The summed E-state index contributed by atoms with van der Waals surface area (Å²) in [6, 6.07) is 1.81. The van der Waals surface area contributed by atoms with Crippen molar-refractivity contribution in [1.82, 2.24) is 30.5 Å². The molecule has 4 heterocycles. The van der Waals surface area contributed by atoms with Crippen LogP contribution in [0.15, 0.2) is 28.9 Å². The number of ether oxygens (including phenoxy) is 1. The van der Waals surface area contributed by atoms with Gasteiger partial charge in [-0.1, -0.05) is 13.0 Å². The Hall–Kier alpha value is -3.38. The van der Waals surface area contributed by atoms with Gasteiger partial charge in [-0.2, -0.15) is 9.61 Å². The Morgan fingerprint density at radius 2 is 2.17 bits per heavy atom. The highest BCUT2D eigenvalue weighted by Gasteiger charge is 2.29. The lowest BCUT2D eigenvalue weighted by molar-refractivity contribution is -0.117. The van der Waals surface area contributed by atoms with Crippen molar-refractivity contribution in [2.24, 2.45) is 0 Å². The minimum absolute atomic E-state index is 0.0262. The van der Waals surface area contributed by atoms with Crippen LogP contribution in [0.2, 0.25) is 0 Å². The molecule has 11 nitrogen and oxygen atoms in total. The van der Waals surface area contributed by atoms with Gasteiger partial charge in [0.2, 0.25) is 0 Å². The van der Waals surface area contributed by atoms with Crippen LogP contribution in [0, 0.1) is 0 Å². The Bertz CT molecular complexity index is 1230. The molecule has 4 N–H and O–H groups in total. The third kappa shape index (κ3) is 5.33. The number of rotatable bonds is 10. The molecule has 4 amide bonds. The highest BCUT2D eigenvalue weighted by Crippen LogP contribution is 2.44. The maximum Gasteiger partial charge on any atom is 0.326 e. The van der Waals surface area contributed by atoms with Crippen LogP contribution in [0.25, 0.3) is 11.7 Å². The largest absolute Gasteiger partial charge is 0.380 e. The van der Waals surface area contributed by atoms with Crippen molar-refractivity contribution in [3.63, 3.8) is 0 Å². The minimum atomic E-state index is -0.557. The van der Waals surface area contributed by atoms with E-state index >= 15 is 0 Å². The van der Waals surface area contributed by atoms with Crippen LogP contribution in [0.4, 0.5) is 10.6 Å². The molecule has 2 fully saturated rings. The van der Waals surface area contributed by atoms with Gasteiger partial charge >= 0.3 is 6.03 Å². The molecule has 5 rings (SSSR count). The van der Waals surface area contributed by atoms with Gasteiger partial charge in [0.25, 0.3) is 11.8 Å². The summed E-state index contributed by atoms with van der Waals surface area (Å²) in [6.07, 6.45) is 8.94. The molecule has 2 aliphatic heterocycles. The number of imide groups is 1. The Kier molecular flexibility index (Phi) is 6.73. The third-order valence-electron chi connectivity index (χ3n) is 5.69. The van der Waals surface area contributed by atoms with Gasteiger partial charge in [0.05, 0.1) is 28.7 Å². The average Bonchev–Trinajstić information content (AvgIpc) is 3.22. The molecule has 35 heavy (non-hydrogen) atoms. The maximum absolute atomic E-state index is 12.6. The maximum atomic E-state index is 12.6. The highest BCUT2D eigenvalue weighted by molar-refractivity contribution is 8.04. The Labute approximate surface area is 206 Å². The van der Waals surface area contributed by atoms with Crippen molar-refractivity contribution in [2.45, 2.75) is 43.9 Å². The standard InChI is InChI=1S/C23H27N7O4S/c1-2-8-34-9-7-24-22(32)18-6-5-17(35-18)15-11-19(26-14-3-4-14)30-20(27-15)13(12-25-30)10-16-21(31)29-23(33)28-16/h6,10-12,14,17,26H,2-5,7-9H2,1H3,(H,24,32)(H2,28,29,31,33)/b16-10-. The lowest BCUT2D eigenvalue weighted by Crippen LogP contribution is -2.27. The number of thioether (sulfide) groups is 1. The van der Waals surface area contributed by atoms with E-state index in [1.807, 2.05) is 19.1 Å². The second-order valence-electron chi connectivity index (χ2n) is 8.57. The zero-order valence-electron chi connectivity index (χ0n) is 19.3. The van der Waals surface area contributed by atoms with Crippen LogP contribution in [0.3, 0.4) is 0 Å². The molecular weight excluding hydrogens is 470 g/mol. The van der Waals surface area contributed by atoms with Crippen molar-refractivity contribution in [2.75, 3.05) is 25.1 Å². The number of carbonyl (C=O) groups is 3. The number of allylic oxidation sites excluding steroid dienone is 1. The van der Waals surface area contributed by atoms with E-state index < -0.39 is 11.9 Å². The molecule has 0 aromatic carbocycles. The van der Waals surface area contributed by atoms with Crippen molar-refractivity contribution >= 4 is 47.1 Å². The molecule has 1 atom stereocenters. The molecule has 3 aliphatic rings. The zero-order valence-corrected chi connectivity index (χ0v) is 20.1. The Morgan fingerprint density at radius 1 is 1.31 bits per heavy atom. The SMILES string of the molecule is CCCOCCNC(=O)C1=CCC(c2cc(NC3CC3)n3ncc(/C=C4\NC(=O)NC4=O)c3n2)S1. The quantitative estimate of drug-likeness (QED) is 0.222. The summed E-state index contributed by atoms with van der Waals surface area (Å²) in [6.45, 7) is 3.69. The normalized spacial score (nSPS) is 20.8. The summed E-state index contributed by atoms with van der Waals surface area (Å²) >= 11 is 1.49. The summed E-state index contributed by atoms with van der Waals surface area (Å²) < 4.78 is 7.13. The van der Waals surface area contributed by atoms with Crippen LogP contribution in [-0.4, -0.2) is 58.2 Å². The van der Waals surface area contributed by atoms with Crippen LogP contribution < -0.4 is 21.3 Å². The van der Waals surface area contributed by atoms with Gasteiger partial charge in [0, 0.05) is 30.8 Å². The lowest BCUT2D eigenvalue weighted by Gasteiger charge is -2.14. The van der Waals surface area contributed by atoms with Gasteiger partial charge in [-0.25, -0.2) is 9.78 Å². The van der Waals surface area contributed by atoms with Gasteiger partial charge in [0.15, 0.2) is 5.65 Å². The van der Waals surface area contributed by atoms with E-state index in [1.54, 1.807) is 16.8 Å². The molecule has 0 spiro atoms. The van der Waals surface area contributed by atoms with Crippen LogP contribution in [-0.2, 0) is 14.3 Å². The van der Waals surface area contributed by atoms with Crippen molar-refractivity contribution < 1.29 is 19.1 Å². The zero-order chi connectivity index (χ0) is 24.4. The first kappa shape index (κ1) is 23.4. The number of urea groups is 1. The molecule has 1 unspecified atom stereocenters. The number of aromatic nitrogens is 3. The van der Waals surface area contributed by atoms with Gasteiger partial charge in [-0.05, 0) is 31.8 Å². The fourth-order valence-corrected chi connectivity index (χ4v) is 4.92. The third-order valence-corrected chi connectivity index (χ3v) is 7.01. The fourth-order valence-electron chi connectivity index (χ4n) is 3.80. The fraction of sp³-hybridized carbons (Fsp3) is 0.435. The monoisotopic (exact) mass is 497 g/mol. The van der Waals surface area contributed by atoms with E-state index in [0.29, 0.717) is 48.3 Å². The number of nitrogens with zero attached hydrogens (tertiary/aromatic N) is 3. The smallest absolute Gasteiger partial charge is 0.326 e. The first-order chi connectivity index (χ1) is 17.0. The summed E-state index contributed by atoms with van der Waals surface area (Å²) in [5.41, 5.74) is 2.14. The van der Waals surface area contributed by atoms with E-state index in [4.69, 9.17) is 9.72 Å². The molecule has 12 heteroatoms. The predicted octanol–water partition coefficient (Wildman–Crippen LogP) is 2.09. The average molecular weight is 498 g/mol. The van der Waals surface area contributed by atoms with E-state index in [1.165, 1.54) is 11.8 Å². The highest BCUT2D eigenvalue weighted by atomic mass is 32.2. The number of nitrogens with one attached hydrogen (secondary N) is 4. The van der Waals surface area contributed by atoms with E-state index in [2.05, 4.69) is 26.4 Å². The summed E-state index contributed by atoms with van der Waals surface area (Å²) in [5, 5.41) is 15.5. The summed E-state index contributed by atoms with van der Waals surface area (Å²) in [7, 11) is 0. The number of carbonyl (C=O) groups excluding carboxylic acids is 3. The van der Waals surface area contributed by atoms with Gasteiger partial charge in [-0.3, -0.25) is 14.9 Å². The van der Waals surface area contributed by atoms with E-state index in [-0.39, 0.29) is 16.9 Å². The molecule has 1 saturated heterocycles. The second kappa shape index (κ2) is 10.1. The van der Waals surface area contributed by atoms with Gasteiger partial charge < -0.3 is 20.7 Å². The topological polar surface area (TPSA) is 139 Å². The number of anilines is 1. The molecule has 0 radical (unpaired) electrons. The molecule has 2 aromatic rings. The first-order valence-corrected chi connectivity index (χ1v) is 12.6. The Balaban J connectivity index is 1.35. The van der Waals surface area contributed by atoms with Crippen molar-refractivity contribution in [3.8, 4) is 0 Å². The summed E-state index contributed by atoms with van der Waals surface area (Å²) in [4.78, 5) is 41.6. The van der Waals surface area contributed by atoms with Crippen LogP contribution in [0.1, 0.15) is 49.1 Å². The Morgan fingerprint density at radius 3 is 2.91 bits per heavy atom. The summed E-state index contributed by atoms with van der Waals surface area (Å²) in [5.74, 6) is 0.213. The van der Waals surface area contributed by atoms with Crippen LogP contribution >= 0.6 is 11.8 Å². The van der Waals surface area contributed by atoms with Gasteiger partial charge in [0.1, 0.15) is 11.5 Å². The number of fused-ring (bicyclic) bond motifs is 1.